The zero-order valence-corrected chi connectivity index (χ0v) is 13.7. The van der Waals surface area contributed by atoms with E-state index in [1.165, 1.54) is 18.9 Å². The van der Waals surface area contributed by atoms with Gasteiger partial charge in [-0.2, -0.15) is 13.2 Å². The number of nitrogens with zero attached hydrogens (tertiary/aromatic N) is 3. The monoisotopic (exact) mass is 338 g/mol. The smallest absolute Gasteiger partial charge is 0.330 e. The van der Waals surface area contributed by atoms with E-state index < -0.39 is 11.7 Å². The molecule has 0 bridgehead atoms. The molecule has 24 heavy (non-hydrogen) atoms. The van der Waals surface area contributed by atoms with Crippen LogP contribution in [0.5, 0.6) is 0 Å². The topological polar surface area (TPSA) is 33.1 Å². The van der Waals surface area contributed by atoms with Crippen molar-refractivity contribution in [1.29, 1.82) is 0 Å². The van der Waals surface area contributed by atoms with Crippen LogP contribution in [0.4, 0.5) is 13.2 Å². The molecule has 0 aliphatic carbocycles. The van der Waals surface area contributed by atoms with Crippen molar-refractivity contribution in [3.8, 4) is 0 Å². The molecule has 2 saturated heterocycles. The van der Waals surface area contributed by atoms with Gasteiger partial charge in [-0.15, -0.1) is 0 Å². The van der Waals surface area contributed by atoms with Gasteiger partial charge >= 0.3 is 6.18 Å². The van der Waals surface area contributed by atoms with Crippen LogP contribution in [0, 0.1) is 5.41 Å². The lowest BCUT2D eigenvalue weighted by Crippen LogP contribution is -2.29. The maximum Gasteiger partial charge on any atom is 0.416 e. The number of benzene rings is 1. The van der Waals surface area contributed by atoms with Crippen LogP contribution in [0.1, 0.15) is 24.2 Å². The second-order valence-electron chi connectivity index (χ2n) is 7.18. The molecular weight excluding hydrogens is 317 g/mol. The zero-order valence-electron chi connectivity index (χ0n) is 13.7. The van der Waals surface area contributed by atoms with Crippen LogP contribution in [0.3, 0.4) is 0 Å². The Kier molecular flexibility index (Phi) is 3.61. The fraction of sp³-hybridized carbons (Fsp3) is 0.588. The minimum absolute atomic E-state index is 0.383. The highest BCUT2D eigenvalue weighted by molar-refractivity contribution is 5.77. The van der Waals surface area contributed by atoms with Crippen LogP contribution in [0.2, 0.25) is 0 Å². The van der Waals surface area contributed by atoms with E-state index >= 15 is 0 Å². The first-order valence-electron chi connectivity index (χ1n) is 8.32. The van der Waals surface area contributed by atoms with Gasteiger partial charge in [-0.05, 0) is 49.5 Å². The van der Waals surface area contributed by atoms with Gasteiger partial charge in [0.15, 0.2) is 0 Å². The molecule has 7 heteroatoms. The fourth-order valence-corrected chi connectivity index (χ4v) is 4.07. The molecule has 4 nitrogen and oxygen atoms in total. The number of halogens is 3. The Labute approximate surface area is 138 Å². The van der Waals surface area contributed by atoms with Crippen LogP contribution in [-0.2, 0) is 19.8 Å². The van der Waals surface area contributed by atoms with Crippen LogP contribution in [0.15, 0.2) is 18.2 Å². The minimum atomic E-state index is -4.33. The number of rotatable bonds is 2. The van der Waals surface area contributed by atoms with Crippen LogP contribution >= 0.6 is 0 Å². The molecule has 1 N–H and O–H groups in total. The average molecular weight is 338 g/mol. The minimum Gasteiger partial charge on any atom is -0.330 e. The van der Waals surface area contributed by atoms with Gasteiger partial charge in [-0.25, -0.2) is 4.98 Å². The van der Waals surface area contributed by atoms with Gasteiger partial charge in [0.2, 0.25) is 0 Å². The van der Waals surface area contributed by atoms with Gasteiger partial charge in [0, 0.05) is 20.1 Å². The van der Waals surface area contributed by atoms with E-state index in [2.05, 4.69) is 15.2 Å². The van der Waals surface area contributed by atoms with E-state index in [1.807, 2.05) is 11.6 Å². The lowest BCUT2D eigenvalue weighted by atomic mass is 9.87. The average Bonchev–Trinajstić information content (AvgIpc) is 3.22. The van der Waals surface area contributed by atoms with E-state index in [0.717, 1.165) is 49.7 Å². The number of hydrogen-bond acceptors (Lipinski definition) is 3. The third kappa shape index (κ3) is 2.69. The SMILES string of the molecule is Cn1c(CN2CCC3(CCNC3)C2)nc2cc(C(F)(F)F)ccc21. The Morgan fingerprint density at radius 3 is 2.83 bits per heavy atom. The van der Waals surface area contributed by atoms with Crippen molar-refractivity contribution < 1.29 is 13.2 Å². The number of nitrogens with one attached hydrogen (secondary N) is 1. The van der Waals surface area contributed by atoms with Gasteiger partial charge < -0.3 is 9.88 Å². The summed E-state index contributed by atoms with van der Waals surface area (Å²) < 4.78 is 40.5. The first-order chi connectivity index (χ1) is 11.4. The number of likely N-dealkylation sites (tertiary alicyclic amines) is 1. The van der Waals surface area contributed by atoms with Crippen molar-refractivity contribution in [2.45, 2.75) is 25.6 Å². The summed E-state index contributed by atoms with van der Waals surface area (Å²) in [5.74, 6) is 0.826. The maximum atomic E-state index is 12.9. The van der Waals surface area contributed by atoms with Crippen LogP contribution in [0.25, 0.3) is 11.0 Å². The fourth-order valence-electron chi connectivity index (χ4n) is 4.07. The lowest BCUT2D eigenvalue weighted by molar-refractivity contribution is -0.137. The summed E-state index contributed by atoms with van der Waals surface area (Å²) in [6.45, 7) is 4.91. The van der Waals surface area contributed by atoms with Gasteiger partial charge in [0.05, 0.1) is 23.1 Å². The van der Waals surface area contributed by atoms with Gasteiger partial charge in [-0.1, -0.05) is 0 Å². The normalized spacial score (nSPS) is 25.3. The second kappa shape index (κ2) is 5.46. The molecule has 130 valence electrons. The number of imidazole rings is 1. The molecule has 1 aromatic heterocycles. The Morgan fingerprint density at radius 1 is 1.29 bits per heavy atom. The molecule has 1 unspecified atom stereocenters. The van der Waals surface area contributed by atoms with Crippen LogP contribution in [-0.4, -0.2) is 40.6 Å². The van der Waals surface area contributed by atoms with Crippen molar-refractivity contribution >= 4 is 11.0 Å². The lowest BCUT2D eigenvalue weighted by Gasteiger charge is -2.22. The summed E-state index contributed by atoms with van der Waals surface area (Å²) in [4.78, 5) is 6.84. The van der Waals surface area contributed by atoms with E-state index in [-0.39, 0.29) is 0 Å². The Bertz CT molecular complexity index is 759. The Balaban J connectivity index is 1.57. The molecular formula is C17H21F3N4. The summed E-state index contributed by atoms with van der Waals surface area (Å²) in [7, 11) is 1.88. The number of hydrogen-bond donors (Lipinski definition) is 1. The van der Waals surface area contributed by atoms with Crippen molar-refractivity contribution in [3.63, 3.8) is 0 Å². The van der Waals surface area contributed by atoms with Crippen molar-refractivity contribution in [2.24, 2.45) is 12.5 Å². The number of alkyl halides is 3. The first kappa shape index (κ1) is 15.9. The molecule has 2 aromatic rings. The molecule has 0 saturated carbocycles. The van der Waals surface area contributed by atoms with Crippen molar-refractivity contribution in [2.75, 3.05) is 26.2 Å². The molecule has 1 aromatic carbocycles. The molecule has 0 amide bonds. The van der Waals surface area contributed by atoms with Crippen molar-refractivity contribution in [3.05, 3.63) is 29.6 Å². The summed E-state index contributed by atoms with van der Waals surface area (Å²) in [5.41, 5.74) is 0.902. The molecule has 3 heterocycles. The molecule has 2 aliphatic rings. The highest BCUT2D eigenvalue weighted by Crippen LogP contribution is 2.37. The summed E-state index contributed by atoms with van der Waals surface area (Å²) >= 11 is 0. The number of fused-ring (bicyclic) bond motifs is 1. The number of aryl methyl sites for hydroxylation is 1. The third-order valence-electron chi connectivity index (χ3n) is 5.52. The predicted octanol–water partition coefficient (Wildman–Crippen LogP) is 2.78. The molecule has 1 spiro atoms. The third-order valence-corrected chi connectivity index (χ3v) is 5.52. The maximum absolute atomic E-state index is 12.9. The van der Waals surface area contributed by atoms with E-state index in [0.29, 0.717) is 17.5 Å². The van der Waals surface area contributed by atoms with E-state index in [9.17, 15) is 13.2 Å². The van der Waals surface area contributed by atoms with Crippen LogP contribution < -0.4 is 5.32 Å². The quantitative estimate of drug-likeness (QED) is 0.914. The largest absolute Gasteiger partial charge is 0.416 e. The highest BCUT2D eigenvalue weighted by Gasteiger charge is 2.40. The predicted molar refractivity (Wildman–Crippen MR) is 85.5 cm³/mol. The standard InChI is InChI=1S/C17H21F3N4/c1-23-14-3-2-12(17(18,19)20)8-13(14)22-15(23)9-24-7-5-16(11-24)4-6-21-10-16/h2-3,8,21H,4-7,9-11H2,1H3. The molecule has 2 fully saturated rings. The Morgan fingerprint density at radius 2 is 2.12 bits per heavy atom. The van der Waals surface area contributed by atoms with Gasteiger partial charge in [0.1, 0.15) is 5.82 Å². The molecule has 4 rings (SSSR count). The molecule has 2 aliphatic heterocycles. The molecule has 0 radical (unpaired) electrons. The zero-order chi connectivity index (χ0) is 16.9. The van der Waals surface area contributed by atoms with Gasteiger partial charge in [-0.3, -0.25) is 4.90 Å². The van der Waals surface area contributed by atoms with E-state index in [4.69, 9.17) is 0 Å². The number of aromatic nitrogens is 2. The first-order valence-corrected chi connectivity index (χ1v) is 8.32. The summed E-state index contributed by atoms with van der Waals surface area (Å²) in [6.07, 6.45) is -1.94. The highest BCUT2D eigenvalue weighted by atomic mass is 19.4. The van der Waals surface area contributed by atoms with Crippen molar-refractivity contribution in [1.82, 2.24) is 19.8 Å². The second-order valence-corrected chi connectivity index (χ2v) is 7.18. The Hall–Kier alpha value is -1.60. The summed E-state index contributed by atoms with van der Waals surface area (Å²) in [5, 5.41) is 3.44. The summed E-state index contributed by atoms with van der Waals surface area (Å²) in [6, 6.07) is 3.79. The molecule has 1 atom stereocenters. The van der Waals surface area contributed by atoms with E-state index in [1.54, 1.807) is 0 Å². The van der Waals surface area contributed by atoms with Gasteiger partial charge in [0.25, 0.3) is 0 Å².